The minimum Gasteiger partial charge on any atom is -0.338 e. The summed E-state index contributed by atoms with van der Waals surface area (Å²) in [5.74, 6) is 2.24. The molecule has 0 atom stereocenters. The molecule has 1 N–H and O–H groups in total. The Balaban J connectivity index is 1.46. The van der Waals surface area contributed by atoms with Gasteiger partial charge in [-0.25, -0.2) is 4.98 Å². The van der Waals surface area contributed by atoms with Crippen molar-refractivity contribution >= 4 is 27.3 Å². The molecule has 0 saturated carbocycles. The van der Waals surface area contributed by atoms with Crippen molar-refractivity contribution in [1.82, 2.24) is 20.1 Å². The smallest absolute Gasteiger partial charge is 0.263 e. The molecule has 3 aromatic rings. The monoisotopic (exact) mass is 326 g/mol. The molecule has 1 aliphatic heterocycles. The quantitative estimate of drug-likeness (QED) is 0.785. The highest BCUT2D eigenvalue weighted by atomic mass is 32.1. The summed E-state index contributed by atoms with van der Waals surface area (Å²) < 4.78 is 1.17. The zero-order valence-electron chi connectivity index (χ0n) is 13.0. The highest BCUT2D eigenvalue weighted by Gasteiger charge is 2.27. The number of fused-ring (bicyclic) bond motifs is 1. The van der Waals surface area contributed by atoms with Crippen LogP contribution in [0.15, 0.2) is 30.3 Å². The van der Waals surface area contributed by atoms with Crippen molar-refractivity contribution in [2.75, 3.05) is 13.1 Å². The van der Waals surface area contributed by atoms with Gasteiger partial charge in [-0.1, -0.05) is 18.2 Å². The fourth-order valence-electron chi connectivity index (χ4n) is 3.13. The van der Waals surface area contributed by atoms with Crippen LogP contribution in [0.5, 0.6) is 0 Å². The molecule has 3 heterocycles. The Labute approximate surface area is 138 Å². The molecule has 0 radical (unpaired) electrons. The summed E-state index contributed by atoms with van der Waals surface area (Å²) in [5, 5.41) is 8.30. The van der Waals surface area contributed by atoms with E-state index in [0.717, 1.165) is 47.8 Å². The van der Waals surface area contributed by atoms with E-state index in [2.05, 4.69) is 27.3 Å². The fourth-order valence-corrected chi connectivity index (χ4v) is 4.16. The molecular weight excluding hydrogens is 308 g/mol. The molecule has 1 saturated heterocycles. The summed E-state index contributed by atoms with van der Waals surface area (Å²) in [4.78, 5) is 19.9. The third-order valence-corrected chi connectivity index (χ3v) is 5.50. The number of amides is 1. The fraction of sp³-hybridized carbons (Fsp3) is 0.353. The highest BCUT2D eigenvalue weighted by Crippen LogP contribution is 2.29. The molecule has 1 fully saturated rings. The number of aromatic amines is 1. The second-order valence-electron chi connectivity index (χ2n) is 5.99. The predicted octanol–water partition coefficient (Wildman–Crippen LogP) is 3.35. The van der Waals surface area contributed by atoms with Gasteiger partial charge in [0.25, 0.3) is 5.91 Å². The number of likely N-dealkylation sites (tertiary alicyclic amines) is 1. The number of thiophene rings is 1. The van der Waals surface area contributed by atoms with Crippen LogP contribution in [0, 0.1) is 6.92 Å². The molecule has 5 nitrogen and oxygen atoms in total. The topological polar surface area (TPSA) is 61.9 Å². The Hall–Kier alpha value is -2.21. The van der Waals surface area contributed by atoms with E-state index in [0.29, 0.717) is 5.92 Å². The molecule has 0 spiro atoms. The summed E-state index contributed by atoms with van der Waals surface area (Å²) in [5.41, 5.74) is 0. The van der Waals surface area contributed by atoms with Crippen molar-refractivity contribution in [2.24, 2.45) is 0 Å². The predicted molar refractivity (Wildman–Crippen MR) is 90.8 cm³/mol. The van der Waals surface area contributed by atoms with E-state index >= 15 is 0 Å². The maximum atomic E-state index is 12.7. The Morgan fingerprint density at radius 1 is 1.30 bits per heavy atom. The second kappa shape index (κ2) is 5.77. The van der Waals surface area contributed by atoms with Gasteiger partial charge in [0.05, 0.1) is 4.88 Å². The van der Waals surface area contributed by atoms with E-state index in [9.17, 15) is 4.79 Å². The zero-order chi connectivity index (χ0) is 15.8. The number of benzene rings is 1. The first-order valence-corrected chi connectivity index (χ1v) is 8.69. The lowest BCUT2D eigenvalue weighted by Gasteiger charge is -2.30. The molecule has 1 aliphatic rings. The van der Waals surface area contributed by atoms with Crippen LogP contribution in [-0.4, -0.2) is 39.1 Å². The van der Waals surface area contributed by atoms with Crippen molar-refractivity contribution in [2.45, 2.75) is 25.7 Å². The van der Waals surface area contributed by atoms with Crippen LogP contribution in [0.4, 0.5) is 0 Å². The first kappa shape index (κ1) is 14.4. The lowest BCUT2D eigenvalue weighted by molar-refractivity contribution is 0.0716. The zero-order valence-corrected chi connectivity index (χ0v) is 13.8. The summed E-state index contributed by atoms with van der Waals surface area (Å²) >= 11 is 1.58. The van der Waals surface area contributed by atoms with Crippen LogP contribution in [0.3, 0.4) is 0 Å². The minimum absolute atomic E-state index is 0.149. The van der Waals surface area contributed by atoms with Crippen molar-refractivity contribution in [3.63, 3.8) is 0 Å². The summed E-state index contributed by atoms with van der Waals surface area (Å²) in [6.45, 7) is 3.45. The van der Waals surface area contributed by atoms with Gasteiger partial charge >= 0.3 is 0 Å². The number of nitrogens with one attached hydrogen (secondary N) is 1. The minimum atomic E-state index is 0.149. The van der Waals surface area contributed by atoms with Crippen LogP contribution < -0.4 is 0 Å². The molecule has 1 amide bonds. The van der Waals surface area contributed by atoms with Crippen molar-refractivity contribution in [3.8, 4) is 0 Å². The number of hydrogen-bond donors (Lipinski definition) is 1. The molecule has 23 heavy (non-hydrogen) atoms. The van der Waals surface area contributed by atoms with Crippen LogP contribution in [0.2, 0.25) is 0 Å². The third kappa shape index (κ3) is 2.74. The van der Waals surface area contributed by atoms with Gasteiger partial charge in [-0.05, 0) is 37.3 Å². The molecule has 0 bridgehead atoms. The average molecular weight is 326 g/mol. The number of hydrogen-bond acceptors (Lipinski definition) is 4. The molecule has 1 aromatic carbocycles. The molecule has 2 aromatic heterocycles. The Morgan fingerprint density at radius 3 is 2.78 bits per heavy atom. The van der Waals surface area contributed by atoms with Crippen molar-refractivity contribution in [3.05, 3.63) is 46.9 Å². The largest absolute Gasteiger partial charge is 0.338 e. The van der Waals surface area contributed by atoms with Crippen LogP contribution in [-0.2, 0) is 0 Å². The molecule has 4 rings (SSSR count). The Bertz CT molecular complexity index is 812. The second-order valence-corrected chi connectivity index (χ2v) is 7.08. The summed E-state index contributed by atoms with van der Waals surface area (Å²) in [6.07, 6.45) is 1.85. The third-order valence-electron chi connectivity index (χ3n) is 4.40. The van der Waals surface area contributed by atoms with Gasteiger partial charge in [-0.2, -0.15) is 5.10 Å². The van der Waals surface area contributed by atoms with Crippen LogP contribution >= 0.6 is 11.3 Å². The molecule has 0 unspecified atom stereocenters. The maximum absolute atomic E-state index is 12.7. The Morgan fingerprint density at radius 2 is 2.09 bits per heavy atom. The number of nitrogens with zero attached hydrogens (tertiary/aromatic N) is 3. The standard InChI is InChI=1S/C17H18N4OS/c1-11-18-16(20-19-11)12-6-8-21(9-7-12)17(22)15-10-13-4-2-3-5-14(13)23-15/h2-5,10,12H,6-9H2,1H3,(H,18,19,20). The average Bonchev–Trinajstić information content (AvgIpc) is 3.20. The van der Waals surface area contributed by atoms with E-state index in [1.807, 2.05) is 30.0 Å². The number of piperidine rings is 1. The highest BCUT2D eigenvalue weighted by molar-refractivity contribution is 7.20. The van der Waals surface area contributed by atoms with Gasteiger partial charge in [0, 0.05) is 23.7 Å². The maximum Gasteiger partial charge on any atom is 0.263 e. The van der Waals surface area contributed by atoms with E-state index < -0.39 is 0 Å². The SMILES string of the molecule is Cc1nc(C2CCN(C(=O)c3cc4ccccc4s3)CC2)n[nH]1. The normalized spacial score (nSPS) is 16.1. The number of rotatable bonds is 2. The van der Waals surface area contributed by atoms with Gasteiger partial charge < -0.3 is 4.90 Å². The molecular formula is C17H18N4OS. The molecule has 6 heteroatoms. The number of aromatic nitrogens is 3. The molecule has 118 valence electrons. The lowest BCUT2D eigenvalue weighted by Crippen LogP contribution is -2.37. The Kier molecular flexibility index (Phi) is 3.61. The van der Waals surface area contributed by atoms with E-state index in [4.69, 9.17) is 0 Å². The van der Waals surface area contributed by atoms with Crippen molar-refractivity contribution in [1.29, 1.82) is 0 Å². The van der Waals surface area contributed by atoms with Crippen molar-refractivity contribution < 1.29 is 4.79 Å². The number of carbonyl (C=O) groups is 1. The summed E-state index contributed by atoms with van der Waals surface area (Å²) in [7, 11) is 0. The number of aryl methyl sites for hydroxylation is 1. The van der Waals surface area contributed by atoms with Crippen LogP contribution in [0.1, 0.15) is 40.1 Å². The first-order valence-electron chi connectivity index (χ1n) is 7.87. The van der Waals surface area contributed by atoms with Gasteiger partial charge in [-0.15, -0.1) is 11.3 Å². The van der Waals surface area contributed by atoms with Gasteiger partial charge in [0.15, 0.2) is 5.82 Å². The van der Waals surface area contributed by atoms with E-state index in [-0.39, 0.29) is 5.91 Å². The molecule has 0 aliphatic carbocycles. The van der Waals surface area contributed by atoms with E-state index in [1.54, 1.807) is 11.3 Å². The van der Waals surface area contributed by atoms with Gasteiger partial charge in [0.1, 0.15) is 5.82 Å². The number of H-pyrrole nitrogens is 1. The lowest BCUT2D eigenvalue weighted by atomic mass is 9.96. The van der Waals surface area contributed by atoms with E-state index in [1.165, 1.54) is 4.70 Å². The van der Waals surface area contributed by atoms with Crippen LogP contribution in [0.25, 0.3) is 10.1 Å². The van der Waals surface area contributed by atoms with Gasteiger partial charge in [0.2, 0.25) is 0 Å². The summed E-state index contributed by atoms with van der Waals surface area (Å²) in [6, 6.07) is 10.1. The first-order chi connectivity index (χ1) is 11.2. The van der Waals surface area contributed by atoms with Gasteiger partial charge in [-0.3, -0.25) is 9.89 Å². The number of carbonyl (C=O) groups excluding carboxylic acids is 1.